The normalized spacial score (nSPS) is 17.1. The van der Waals surface area contributed by atoms with Crippen molar-refractivity contribution in [1.82, 2.24) is 4.90 Å². The smallest absolute Gasteiger partial charge is 0.227 e. The highest BCUT2D eigenvalue weighted by molar-refractivity contribution is 6.30. The minimum Gasteiger partial charge on any atom is -0.368 e. The van der Waals surface area contributed by atoms with Crippen molar-refractivity contribution in [2.45, 2.75) is 19.9 Å². The minimum atomic E-state index is -0.114. The number of carbonyl (C=O) groups excluding carboxylic acids is 1. The van der Waals surface area contributed by atoms with Gasteiger partial charge < -0.3 is 15.5 Å². The number of hydrogen-bond donors (Lipinski definition) is 1. The van der Waals surface area contributed by atoms with E-state index in [9.17, 15) is 4.79 Å². The van der Waals surface area contributed by atoms with Crippen molar-refractivity contribution < 1.29 is 4.79 Å². The third-order valence-electron chi connectivity index (χ3n) is 3.96. The summed E-state index contributed by atoms with van der Waals surface area (Å²) in [6.45, 7) is 6.97. The van der Waals surface area contributed by atoms with E-state index in [0.29, 0.717) is 0 Å². The second-order valence-electron chi connectivity index (χ2n) is 5.44. The maximum atomic E-state index is 12.2. The van der Waals surface area contributed by atoms with Crippen LogP contribution in [0.15, 0.2) is 24.3 Å². The van der Waals surface area contributed by atoms with E-state index in [1.807, 2.05) is 43.0 Å². The molecule has 0 saturated carbocycles. The Hall–Kier alpha value is -0.680. The molecule has 1 amide bonds. The molecule has 0 bridgehead atoms. The van der Waals surface area contributed by atoms with E-state index in [0.717, 1.165) is 36.9 Å². The second-order valence-corrected chi connectivity index (χ2v) is 5.87. The number of nitrogens with two attached hydrogens (primary N) is 1. The molecule has 2 rings (SSSR count). The van der Waals surface area contributed by atoms with Gasteiger partial charge in [-0.3, -0.25) is 4.79 Å². The summed E-state index contributed by atoms with van der Waals surface area (Å²) in [5.41, 5.74) is 6.96. The first-order chi connectivity index (χ1) is 9.49. The molecule has 0 aliphatic carbocycles. The van der Waals surface area contributed by atoms with E-state index in [4.69, 9.17) is 17.3 Å². The number of carbonyl (C=O) groups is 1. The van der Waals surface area contributed by atoms with E-state index in [1.165, 1.54) is 0 Å². The summed E-state index contributed by atoms with van der Waals surface area (Å²) in [6.07, 6.45) is 0. The Bertz CT molecular complexity index is 460. The zero-order valence-corrected chi connectivity index (χ0v) is 15.3. The average molecular weight is 369 g/mol. The zero-order chi connectivity index (χ0) is 14.7. The van der Waals surface area contributed by atoms with Gasteiger partial charge in [0.2, 0.25) is 5.91 Å². The Morgan fingerprint density at radius 2 is 1.59 bits per heavy atom. The summed E-state index contributed by atoms with van der Waals surface area (Å²) >= 11 is 5.90. The number of benzene rings is 1. The fourth-order valence-electron chi connectivity index (χ4n) is 2.35. The summed E-state index contributed by atoms with van der Waals surface area (Å²) < 4.78 is 0. The number of hydrogen-bond acceptors (Lipinski definition) is 3. The Labute approximate surface area is 149 Å². The van der Waals surface area contributed by atoms with Crippen LogP contribution in [0.5, 0.6) is 0 Å². The van der Waals surface area contributed by atoms with Gasteiger partial charge in [0, 0.05) is 42.9 Å². The van der Waals surface area contributed by atoms with Gasteiger partial charge in [-0.25, -0.2) is 0 Å². The lowest BCUT2D eigenvalue weighted by Gasteiger charge is -2.37. The summed E-state index contributed by atoms with van der Waals surface area (Å²) in [7, 11) is 0. The lowest BCUT2D eigenvalue weighted by atomic mass is 10.0. The van der Waals surface area contributed by atoms with Crippen LogP contribution in [-0.4, -0.2) is 43.0 Å². The van der Waals surface area contributed by atoms with Crippen LogP contribution in [0.3, 0.4) is 0 Å². The Morgan fingerprint density at radius 3 is 2.05 bits per heavy atom. The standard InChI is InChI=1S/C15H22ClN3O.2ClH/c1-11(12(2)17)15(20)19-9-7-18(8-10-19)14-5-3-13(16)4-6-14;;/h3-6,11-12H,7-10,17H2,1-2H3;2*1H. The van der Waals surface area contributed by atoms with Gasteiger partial charge >= 0.3 is 0 Å². The van der Waals surface area contributed by atoms with Gasteiger partial charge in [0.15, 0.2) is 0 Å². The molecular formula is C15H24Cl3N3O. The quantitative estimate of drug-likeness (QED) is 0.892. The van der Waals surface area contributed by atoms with Gasteiger partial charge in [-0.15, -0.1) is 24.8 Å². The summed E-state index contributed by atoms with van der Waals surface area (Å²) in [5, 5.41) is 0.744. The molecule has 1 heterocycles. The molecular weight excluding hydrogens is 345 g/mol. The number of rotatable bonds is 3. The molecule has 1 fully saturated rings. The van der Waals surface area contributed by atoms with E-state index in [1.54, 1.807) is 0 Å². The van der Waals surface area contributed by atoms with E-state index >= 15 is 0 Å². The van der Waals surface area contributed by atoms with Gasteiger partial charge in [0.1, 0.15) is 0 Å². The van der Waals surface area contributed by atoms with Crippen molar-refractivity contribution in [3.05, 3.63) is 29.3 Å². The van der Waals surface area contributed by atoms with E-state index in [-0.39, 0.29) is 42.7 Å². The van der Waals surface area contributed by atoms with Gasteiger partial charge in [-0.1, -0.05) is 18.5 Å². The highest BCUT2D eigenvalue weighted by Crippen LogP contribution is 2.20. The molecule has 2 atom stereocenters. The molecule has 1 aromatic rings. The van der Waals surface area contributed by atoms with Crippen molar-refractivity contribution in [1.29, 1.82) is 0 Å². The molecule has 22 heavy (non-hydrogen) atoms. The molecule has 1 aliphatic heterocycles. The highest BCUT2D eigenvalue weighted by atomic mass is 35.5. The van der Waals surface area contributed by atoms with Gasteiger partial charge in [-0.2, -0.15) is 0 Å². The number of piperazine rings is 1. The molecule has 4 nitrogen and oxygen atoms in total. The maximum absolute atomic E-state index is 12.2. The fraction of sp³-hybridized carbons (Fsp3) is 0.533. The number of anilines is 1. The highest BCUT2D eigenvalue weighted by Gasteiger charge is 2.26. The first-order valence-corrected chi connectivity index (χ1v) is 7.41. The van der Waals surface area contributed by atoms with Crippen LogP contribution in [-0.2, 0) is 4.79 Å². The molecule has 2 unspecified atom stereocenters. The largest absolute Gasteiger partial charge is 0.368 e. The molecule has 0 aromatic heterocycles. The van der Waals surface area contributed by atoms with Gasteiger partial charge in [-0.05, 0) is 31.2 Å². The Morgan fingerprint density at radius 1 is 1.09 bits per heavy atom. The Kier molecular flexibility index (Phi) is 9.16. The van der Waals surface area contributed by atoms with Crippen molar-refractivity contribution in [2.24, 2.45) is 11.7 Å². The van der Waals surface area contributed by atoms with Gasteiger partial charge in [0.05, 0.1) is 5.92 Å². The van der Waals surface area contributed by atoms with Crippen molar-refractivity contribution in [3.63, 3.8) is 0 Å². The van der Waals surface area contributed by atoms with Crippen LogP contribution in [0, 0.1) is 5.92 Å². The van der Waals surface area contributed by atoms with Crippen LogP contribution < -0.4 is 10.6 Å². The molecule has 0 radical (unpaired) electrons. The molecule has 1 saturated heterocycles. The summed E-state index contributed by atoms with van der Waals surface area (Å²) in [5.74, 6) is 0.0489. The monoisotopic (exact) mass is 367 g/mol. The van der Waals surface area contributed by atoms with Crippen LogP contribution in [0.1, 0.15) is 13.8 Å². The number of nitrogens with zero attached hydrogens (tertiary/aromatic N) is 2. The lowest BCUT2D eigenvalue weighted by Crippen LogP contribution is -2.52. The molecule has 1 aromatic carbocycles. The van der Waals surface area contributed by atoms with Crippen LogP contribution >= 0.6 is 36.4 Å². The van der Waals surface area contributed by atoms with Crippen LogP contribution in [0.2, 0.25) is 5.02 Å². The number of halogens is 3. The molecule has 1 aliphatic rings. The fourth-order valence-corrected chi connectivity index (χ4v) is 2.48. The first kappa shape index (κ1) is 21.3. The van der Waals surface area contributed by atoms with E-state index < -0.39 is 0 Å². The third-order valence-corrected chi connectivity index (χ3v) is 4.21. The maximum Gasteiger partial charge on any atom is 0.227 e. The molecule has 7 heteroatoms. The number of amides is 1. The third kappa shape index (κ3) is 5.20. The van der Waals surface area contributed by atoms with Crippen molar-refractivity contribution >= 4 is 48.0 Å². The topological polar surface area (TPSA) is 49.6 Å². The summed E-state index contributed by atoms with van der Waals surface area (Å²) in [4.78, 5) is 16.4. The van der Waals surface area contributed by atoms with Crippen LogP contribution in [0.4, 0.5) is 5.69 Å². The van der Waals surface area contributed by atoms with Gasteiger partial charge in [0.25, 0.3) is 0 Å². The van der Waals surface area contributed by atoms with Crippen LogP contribution in [0.25, 0.3) is 0 Å². The second kappa shape index (κ2) is 9.46. The van der Waals surface area contributed by atoms with Crippen molar-refractivity contribution in [3.8, 4) is 0 Å². The predicted octanol–water partition coefficient (Wildman–Crippen LogP) is 2.82. The minimum absolute atomic E-state index is 0. The first-order valence-electron chi connectivity index (χ1n) is 7.04. The molecule has 2 N–H and O–H groups in total. The predicted molar refractivity (Wildman–Crippen MR) is 97.6 cm³/mol. The lowest BCUT2D eigenvalue weighted by molar-refractivity contribution is -0.135. The molecule has 126 valence electrons. The SMILES string of the molecule is CC(N)C(C)C(=O)N1CCN(c2ccc(Cl)cc2)CC1.Cl.Cl. The molecule has 0 spiro atoms. The Balaban J connectivity index is 0.00000220. The zero-order valence-electron chi connectivity index (χ0n) is 12.9. The summed E-state index contributed by atoms with van der Waals surface area (Å²) in [6, 6.07) is 7.73. The van der Waals surface area contributed by atoms with Crippen molar-refractivity contribution in [2.75, 3.05) is 31.1 Å². The van der Waals surface area contributed by atoms with E-state index in [2.05, 4.69) is 4.90 Å². The average Bonchev–Trinajstić information content (AvgIpc) is 2.46.